The average Bonchev–Trinajstić information content (AvgIpc) is 3.15. The first-order chi connectivity index (χ1) is 25.6. The van der Waals surface area contributed by atoms with Gasteiger partial charge in [0.15, 0.2) is 6.10 Å². The molecule has 0 saturated heterocycles. The van der Waals surface area contributed by atoms with Crippen molar-refractivity contribution in [2.75, 3.05) is 13.2 Å². The number of esters is 2. The van der Waals surface area contributed by atoms with Crippen LogP contribution in [0.25, 0.3) is 0 Å². The average molecular weight is 737 g/mol. The molecule has 52 heavy (non-hydrogen) atoms. The fraction of sp³-hybridized carbons (Fsp3) is 0.957. The molecule has 0 aromatic rings. The molecular formula is C47H92O5. The summed E-state index contributed by atoms with van der Waals surface area (Å²) in [6, 6.07) is 0. The molecule has 0 aliphatic rings. The Morgan fingerprint density at radius 1 is 0.365 bits per heavy atom. The van der Waals surface area contributed by atoms with E-state index in [9.17, 15) is 14.7 Å². The number of hydrogen-bond acceptors (Lipinski definition) is 5. The second kappa shape index (κ2) is 44.3. The summed E-state index contributed by atoms with van der Waals surface area (Å²) >= 11 is 0. The van der Waals surface area contributed by atoms with E-state index in [1.54, 1.807) is 0 Å². The maximum atomic E-state index is 12.2. The van der Waals surface area contributed by atoms with E-state index in [0.717, 1.165) is 38.5 Å². The van der Waals surface area contributed by atoms with Gasteiger partial charge in [-0.05, 0) is 12.8 Å². The van der Waals surface area contributed by atoms with Crippen LogP contribution in [0.1, 0.15) is 271 Å². The summed E-state index contributed by atoms with van der Waals surface area (Å²) in [7, 11) is 0. The maximum absolute atomic E-state index is 12.2. The second-order valence-electron chi connectivity index (χ2n) is 16.2. The first-order valence-corrected chi connectivity index (χ1v) is 23.6. The van der Waals surface area contributed by atoms with Crippen LogP contribution >= 0.6 is 0 Å². The number of aliphatic hydroxyl groups is 1. The lowest BCUT2D eigenvalue weighted by molar-refractivity contribution is -0.161. The largest absolute Gasteiger partial charge is 0.462 e. The molecule has 0 aromatic carbocycles. The minimum atomic E-state index is -0.761. The Morgan fingerprint density at radius 2 is 0.596 bits per heavy atom. The van der Waals surface area contributed by atoms with Gasteiger partial charge in [0.25, 0.3) is 0 Å². The maximum Gasteiger partial charge on any atom is 0.306 e. The monoisotopic (exact) mass is 737 g/mol. The zero-order chi connectivity index (χ0) is 37.8. The molecular weight excluding hydrogens is 645 g/mol. The third-order valence-electron chi connectivity index (χ3n) is 10.9. The quantitative estimate of drug-likeness (QED) is 0.0498. The Kier molecular flexibility index (Phi) is 43.4. The smallest absolute Gasteiger partial charge is 0.306 e. The van der Waals surface area contributed by atoms with E-state index in [2.05, 4.69) is 13.8 Å². The summed E-state index contributed by atoms with van der Waals surface area (Å²) < 4.78 is 10.6. The molecule has 0 amide bonds. The number of rotatable bonds is 44. The van der Waals surface area contributed by atoms with Crippen LogP contribution in [0.4, 0.5) is 0 Å². The van der Waals surface area contributed by atoms with Crippen molar-refractivity contribution in [1.82, 2.24) is 0 Å². The van der Waals surface area contributed by atoms with Gasteiger partial charge in [-0.15, -0.1) is 0 Å². The fourth-order valence-electron chi connectivity index (χ4n) is 7.32. The van der Waals surface area contributed by atoms with Crippen molar-refractivity contribution in [2.45, 2.75) is 277 Å². The van der Waals surface area contributed by atoms with Crippen molar-refractivity contribution in [3.8, 4) is 0 Å². The van der Waals surface area contributed by atoms with Gasteiger partial charge in [-0.1, -0.05) is 245 Å². The van der Waals surface area contributed by atoms with E-state index >= 15 is 0 Å². The second-order valence-corrected chi connectivity index (χ2v) is 16.2. The Morgan fingerprint density at radius 3 is 0.846 bits per heavy atom. The summed E-state index contributed by atoms with van der Waals surface area (Å²) in [5.74, 6) is -0.576. The number of carbonyl (C=O) groups is 2. The van der Waals surface area contributed by atoms with Gasteiger partial charge >= 0.3 is 11.9 Å². The van der Waals surface area contributed by atoms with Gasteiger partial charge in [0.2, 0.25) is 0 Å². The Labute approximate surface area is 325 Å². The topological polar surface area (TPSA) is 72.8 Å². The molecule has 0 spiro atoms. The van der Waals surface area contributed by atoms with Gasteiger partial charge in [-0.2, -0.15) is 0 Å². The SMILES string of the molecule is CCCCCCCCCCCCCCCCCCCCCCCCCCCCCCCC(=O)OC(CO)COC(=O)CCCCCCCCCCC. The van der Waals surface area contributed by atoms with E-state index < -0.39 is 6.10 Å². The molecule has 5 nitrogen and oxygen atoms in total. The summed E-state index contributed by atoms with van der Waals surface area (Å²) in [6.45, 7) is 4.15. The highest BCUT2D eigenvalue weighted by Gasteiger charge is 2.16. The standard InChI is InChI=1S/C47H92O5/c1-3-5-7-9-11-13-14-15-16-17-18-19-20-21-22-23-24-25-26-27-28-29-30-31-32-34-36-38-40-42-47(50)52-45(43-48)44-51-46(49)41-39-37-35-33-12-10-8-6-4-2/h45,48H,3-44H2,1-2H3. The van der Waals surface area contributed by atoms with Crippen LogP contribution in [0.3, 0.4) is 0 Å². The summed E-state index contributed by atoms with van der Waals surface area (Å²) in [5, 5.41) is 9.55. The van der Waals surface area contributed by atoms with Crippen molar-refractivity contribution in [1.29, 1.82) is 0 Å². The molecule has 0 fully saturated rings. The van der Waals surface area contributed by atoms with Gasteiger partial charge in [0.1, 0.15) is 6.61 Å². The fourth-order valence-corrected chi connectivity index (χ4v) is 7.32. The summed E-state index contributed by atoms with van der Waals surface area (Å²) in [5.41, 5.74) is 0. The zero-order valence-corrected chi connectivity index (χ0v) is 35.4. The van der Waals surface area contributed by atoms with Crippen LogP contribution in [0.15, 0.2) is 0 Å². The van der Waals surface area contributed by atoms with Crippen LogP contribution < -0.4 is 0 Å². The minimum Gasteiger partial charge on any atom is -0.462 e. The molecule has 0 saturated carbocycles. The Bertz CT molecular complexity index is 710. The molecule has 0 aromatic heterocycles. The highest BCUT2D eigenvalue weighted by molar-refractivity contribution is 5.70. The molecule has 0 bridgehead atoms. The van der Waals surface area contributed by atoms with Gasteiger partial charge < -0.3 is 14.6 Å². The van der Waals surface area contributed by atoms with E-state index in [1.807, 2.05) is 0 Å². The lowest BCUT2D eigenvalue weighted by Gasteiger charge is -2.15. The molecule has 0 radical (unpaired) electrons. The minimum absolute atomic E-state index is 0.0574. The van der Waals surface area contributed by atoms with Crippen LogP contribution in [-0.4, -0.2) is 36.4 Å². The van der Waals surface area contributed by atoms with E-state index in [-0.39, 0.29) is 25.2 Å². The van der Waals surface area contributed by atoms with E-state index in [1.165, 1.54) is 205 Å². The number of carbonyl (C=O) groups excluding carboxylic acids is 2. The van der Waals surface area contributed by atoms with E-state index in [4.69, 9.17) is 9.47 Å². The highest BCUT2D eigenvalue weighted by Crippen LogP contribution is 2.17. The summed E-state index contributed by atoms with van der Waals surface area (Å²) in [4.78, 5) is 24.2. The van der Waals surface area contributed by atoms with Gasteiger partial charge in [-0.3, -0.25) is 9.59 Å². The zero-order valence-electron chi connectivity index (χ0n) is 35.4. The van der Waals surface area contributed by atoms with Crippen molar-refractivity contribution >= 4 is 11.9 Å². The van der Waals surface area contributed by atoms with Crippen molar-refractivity contribution < 1.29 is 24.2 Å². The lowest BCUT2D eigenvalue weighted by Crippen LogP contribution is -2.28. The van der Waals surface area contributed by atoms with Crippen LogP contribution in [-0.2, 0) is 19.1 Å². The number of ether oxygens (including phenoxy) is 2. The van der Waals surface area contributed by atoms with Gasteiger partial charge in [-0.25, -0.2) is 0 Å². The number of unbranched alkanes of at least 4 members (excludes halogenated alkanes) is 36. The predicted molar refractivity (Wildman–Crippen MR) is 224 cm³/mol. The van der Waals surface area contributed by atoms with Crippen LogP contribution in [0, 0.1) is 0 Å². The van der Waals surface area contributed by atoms with E-state index in [0.29, 0.717) is 12.8 Å². The predicted octanol–water partition coefficient (Wildman–Crippen LogP) is 15.1. The molecule has 0 aliphatic heterocycles. The van der Waals surface area contributed by atoms with Crippen molar-refractivity contribution in [2.24, 2.45) is 0 Å². The number of hydrogen-bond donors (Lipinski definition) is 1. The number of aliphatic hydroxyl groups excluding tert-OH is 1. The van der Waals surface area contributed by atoms with Crippen molar-refractivity contribution in [3.63, 3.8) is 0 Å². The molecule has 310 valence electrons. The molecule has 5 heteroatoms. The molecule has 0 aliphatic carbocycles. The highest BCUT2D eigenvalue weighted by atomic mass is 16.6. The summed E-state index contributed by atoms with van der Waals surface area (Å²) in [6.07, 6.45) is 50.7. The lowest BCUT2D eigenvalue weighted by atomic mass is 10.0. The van der Waals surface area contributed by atoms with Crippen LogP contribution in [0.2, 0.25) is 0 Å². The van der Waals surface area contributed by atoms with Crippen LogP contribution in [0.5, 0.6) is 0 Å². The first kappa shape index (κ1) is 50.9. The van der Waals surface area contributed by atoms with Crippen molar-refractivity contribution in [3.05, 3.63) is 0 Å². The normalized spacial score (nSPS) is 12.0. The third kappa shape index (κ3) is 41.7. The molecule has 0 rings (SSSR count). The van der Waals surface area contributed by atoms with Gasteiger partial charge in [0, 0.05) is 12.8 Å². The Hall–Kier alpha value is -1.10. The molecule has 1 N–H and O–H groups in total. The first-order valence-electron chi connectivity index (χ1n) is 23.6. The molecule has 1 unspecified atom stereocenters. The molecule has 1 atom stereocenters. The van der Waals surface area contributed by atoms with Gasteiger partial charge in [0.05, 0.1) is 6.61 Å². The third-order valence-corrected chi connectivity index (χ3v) is 10.9. The Balaban J connectivity index is 3.35. The molecule has 0 heterocycles.